The minimum atomic E-state index is -4.11. The minimum Gasteiger partial charge on any atom is -0.492 e. The predicted octanol–water partition coefficient (Wildman–Crippen LogP) is 4.66. The zero-order chi connectivity index (χ0) is 26.0. The lowest BCUT2D eigenvalue weighted by Crippen LogP contribution is -2.37. The summed E-state index contributed by atoms with van der Waals surface area (Å²) >= 11 is 6.34. The van der Waals surface area contributed by atoms with E-state index in [2.05, 4.69) is 47.5 Å². The number of halogens is 1. The van der Waals surface area contributed by atoms with Crippen LogP contribution in [0.25, 0.3) is 11.3 Å². The Morgan fingerprint density at radius 1 is 1.19 bits per heavy atom. The van der Waals surface area contributed by atoms with Gasteiger partial charge in [0.05, 0.1) is 29.1 Å². The quantitative estimate of drug-likeness (QED) is 0.434. The van der Waals surface area contributed by atoms with E-state index in [1.165, 1.54) is 12.3 Å². The average Bonchev–Trinajstić information content (AvgIpc) is 3.48. The number of carbonyl (C=O) groups excluding carboxylic acids is 1. The van der Waals surface area contributed by atoms with Gasteiger partial charge in [-0.05, 0) is 62.9 Å². The summed E-state index contributed by atoms with van der Waals surface area (Å²) in [6.07, 6.45) is 3.18. The van der Waals surface area contributed by atoms with E-state index in [9.17, 15) is 13.2 Å². The van der Waals surface area contributed by atoms with E-state index < -0.39 is 15.9 Å². The Hall–Kier alpha value is -3.11. The number of rotatable bonds is 8. The summed E-state index contributed by atoms with van der Waals surface area (Å²) in [5.41, 5.74) is 1.57. The molecule has 1 aromatic carbocycles. The zero-order valence-corrected chi connectivity index (χ0v) is 22.2. The lowest BCUT2D eigenvalue weighted by atomic mass is 10.1. The predicted molar refractivity (Wildman–Crippen MR) is 139 cm³/mol. The van der Waals surface area contributed by atoms with E-state index in [0.29, 0.717) is 34.8 Å². The van der Waals surface area contributed by atoms with Crippen LogP contribution < -0.4 is 14.4 Å². The maximum atomic E-state index is 13.2. The van der Waals surface area contributed by atoms with Crippen molar-refractivity contribution in [2.75, 3.05) is 11.5 Å². The molecule has 0 spiro atoms. The first-order valence-electron chi connectivity index (χ1n) is 11.9. The highest BCUT2D eigenvalue weighted by molar-refractivity contribution is 7.90. The van der Waals surface area contributed by atoms with Gasteiger partial charge in [0.25, 0.3) is 15.9 Å². The number of sulfonamides is 1. The molecule has 3 aromatic rings. The third-order valence-corrected chi connectivity index (χ3v) is 7.68. The fourth-order valence-electron chi connectivity index (χ4n) is 4.25. The van der Waals surface area contributed by atoms with Gasteiger partial charge >= 0.3 is 0 Å². The van der Waals surface area contributed by atoms with E-state index in [1.54, 1.807) is 18.2 Å². The molecule has 2 atom stereocenters. The van der Waals surface area contributed by atoms with Crippen molar-refractivity contribution in [3.63, 3.8) is 0 Å². The Morgan fingerprint density at radius 3 is 2.56 bits per heavy atom. The van der Waals surface area contributed by atoms with Crippen molar-refractivity contribution in [2.24, 2.45) is 5.92 Å². The largest absolute Gasteiger partial charge is 0.492 e. The van der Waals surface area contributed by atoms with Crippen LogP contribution in [-0.4, -0.2) is 48.2 Å². The number of hydrogen-bond donors (Lipinski definition) is 2. The lowest BCUT2D eigenvalue weighted by Gasteiger charge is -2.29. The second kappa shape index (κ2) is 10.5. The molecule has 9 nitrogen and oxygen atoms in total. The van der Waals surface area contributed by atoms with E-state index >= 15 is 0 Å². The number of aromatic nitrogens is 3. The van der Waals surface area contributed by atoms with E-state index in [0.717, 1.165) is 18.4 Å². The third kappa shape index (κ3) is 5.49. The number of nitrogens with zero attached hydrogens (tertiary/aromatic N) is 3. The van der Waals surface area contributed by atoms with Crippen molar-refractivity contribution in [2.45, 2.75) is 57.6 Å². The molecule has 0 bridgehead atoms. The van der Waals surface area contributed by atoms with Crippen LogP contribution >= 0.6 is 11.6 Å². The first-order chi connectivity index (χ1) is 17.1. The highest BCUT2D eigenvalue weighted by atomic mass is 35.5. The minimum absolute atomic E-state index is 0.133. The molecular weight excluding hydrogens is 502 g/mol. The highest BCUT2D eigenvalue weighted by Gasteiger charge is 2.33. The molecule has 1 aliphatic heterocycles. The van der Waals surface area contributed by atoms with Gasteiger partial charge in [-0.2, -0.15) is 13.5 Å². The molecule has 192 valence electrons. The molecule has 1 amide bonds. The van der Waals surface area contributed by atoms with Gasteiger partial charge in [-0.1, -0.05) is 31.5 Å². The number of ether oxygens (including phenoxy) is 1. The van der Waals surface area contributed by atoms with Gasteiger partial charge in [0.15, 0.2) is 5.03 Å². The monoisotopic (exact) mass is 531 g/mol. The summed E-state index contributed by atoms with van der Waals surface area (Å²) in [6.45, 7) is 8.77. The van der Waals surface area contributed by atoms with Gasteiger partial charge in [-0.15, -0.1) is 0 Å². The molecule has 3 heterocycles. The van der Waals surface area contributed by atoms with Crippen molar-refractivity contribution < 1.29 is 17.9 Å². The first-order valence-corrected chi connectivity index (χ1v) is 13.7. The standard InChI is InChI=1S/C25H30ClN5O4S/c1-15(2)14-35-22-13-18(7-9-20(22)26)21-10-8-19(24(28-21)31-16(3)5-6-17(31)4)25(32)30-36(33,34)23-11-12-27-29-23/h7-13,15-17H,5-6,14H2,1-4H3,(H,27,29)(H,30,32)/t16-,17+. The van der Waals surface area contributed by atoms with Crippen LogP contribution in [0, 0.1) is 5.92 Å². The SMILES string of the molecule is CC(C)COc1cc(-c2ccc(C(=O)NS(=O)(=O)c3ccn[nH]3)c(N3[C@H](C)CC[C@@H]3C)n2)ccc1Cl. The van der Waals surface area contributed by atoms with Crippen LogP contribution in [0.5, 0.6) is 5.75 Å². The number of benzene rings is 1. The molecule has 1 aliphatic rings. The Bertz CT molecular complexity index is 1330. The topological polar surface area (TPSA) is 117 Å². The second-order valence-corrected chi connectivity index (χ2v) is 11.5. The van der Waals surface area contributed by atoms with Gasteiger partial charge in [-0.3, -0.25) is 9.89 Å². The molecule has 2 N–H and O–H groups in total. The van der Waals surface area contributed by atoms with Crippen molar-refractivity contribution in [1.29, 1.82) is 0 Å². The van der Waals surface area contributed by atoms with Crippen molar-refractivity contribution >= 4 is 33.3 Å². The lowest BCUT2D eigenvalue weighted by molar-refractivity contribution is 0.0981. The molecule has 36 heavy (non-hydrogen) atoms. The molecule has 0 aliphatic carbocycles. The third-order valence-electron chi connectivity index (χ3n) is 6.11. The van der Waals surface area contributed by atoms with Crippen molar-refractivity contribution in [3.05, 3.63) is 53.2 Å². The van der Waals surface area contributed by atoms with Crippen LogP contribution in [0.3, 0.4) is 0 Å². The number of hydrogen-bond acceptors (Lipinski definition) is 7. The Morgan fingerprint density at radius 2 is 1.92 bits per heavy atom. The number of amides is 1. The second-order valence-electron chi connectivity index (χ2n) is 9.46. The molecule has 0 saturated carbocycles. The number of aromatic amines is 1. The molecule has 2 aromatic heterocycles. The first kappa shape index (κ1) is 26.0. The highest BCUT2D eigenvalue weighted by Crippen LogP contribution is 2.35. The number of anilines is 1. The average molecular weight is 532 g/mol. The normalized spacial score (nSPS) is 18.0. The number of carbonyl (C=O) groups is 1. The van der Waals surface area contributed by atoms with Gasteiger partial charge < -0.3 is 9.64 Å². The molecule has 1 fully saturated rings. The van der Waals surface area contributed by atoms with Crippen LogP contribution in [0.1, 0.15) is 50.9 Å². The summed E-state index contributed by atoms with van der Waals surface area (Å²) in [6, 6.07) is 10.3. The van der Waals surface area contributed by atoms with E-state index in [4.69, 9.17) is 21.3 Å². The Labute approximate surface area is 216 Å². The molecule has 0 radical (unpaired) electrons. The number of H-pyrrole nitrogens is 1. The molecular formula is C25H30ClN5O4S. The van der Waals surface area contributed by atoms with Crippen LogP contribution in [-0.2, 0) is 10.0 Å². The molecule has 0 unspecified atom stereocenters. The van der Waals surface area contributed by atoms with Crippen molar-refractivity contribution in [3.8, 4) is 17.0 Å². The van der Waals surface area contributed by atoms with Gasteiger partial charge in [-0.25, -0.2) is 9.71 Å². The summed E-state index contributed by atoms with van der Waals surface area (Å²) in [4.78, 5) is 20.1. The summed E-state index contributed by atoms with van der Waals surface area (Å²) < 4.78 is 33.3. The maximum absolute atomic E-state index is 13.2. The van der Waals surface area contributed by atoms with Gasteiger partial charge in [0, 0.05) is 17.6 Å². The summed E-state index contributed by atoms with van der Waals surface area (Å²) in [7, 11) is -4.11. The summed E-state index contributed by atoms with van der Waals surface area (Å²) in [5, 5.41) is 6.34. The van der Waals surface area contributed by atoms with E-state index in [-0.39, 0.29) is 22.7 Å². The number of nitrogens with one attached hydrogen (secondary N) is 2. The fraction of sp³-hybridized carbons (Fsp3) is 0.400. The number of pyridine rings is 1. The fourth-order valence-corrected chi connectivity index (χ4v) is 5.30. The van der Waals surface area contributed by atoms with Crippen LogP contribution in [0.2, 0.25) is 5.02 Å². The Balaban J connectivity index is 1.74. The van der Waals surface area contributed by atoms with Crippen molar-refractivity contribution in [1.82, 2.24) is 19.9 Å². The Kier molecular flexibility index (Phi) is 7.56. The summed E-state index contributed by atoms with van der Waals surface area (Å²) in [5.74, 6) is 0.564. The van der Waals surface area contributed by atoms with Crippen LogP contribution in [0.15, 0.2) is 47.6 Å². The van der Waals surface area contributed by atoms with Gasteiger partial charge in [0.1, 0.15) is 11.6 Å². The maximum Gasteiger partial charge on any atom is 0.281 e. The van der Waals surface area contributed by atoms with Crippen LogP contribution in [0.4, 0.5) is 5.82 Å². The van der Waals surface area contributed by atoms with E-state index in [1.807, 2.05) is 12.1 Å². The smallest absolute Gasteiger partial charge is 0.281 e. The molecule has 4 rings (SSSR count). The molecule has 1 saturated heterocycles. The molecule has 11 heteroatoms. The van der Waals surface area contributed by atoms with Gasteiger partial charge in [0.2, 0.25) is 0 Å². The zero-order valence-electron chi connectivity index (χ0n) is 20.7.